The Kier molecular flexibility index (Phi) is 5.62. The van der Waals surface area contributed by atoms with E-state index in [1.54, 1.807) is 4.31 Å². The van der Waals surface area contributed by atoms with Crippen molar-refractivity contribution in [2.24, 2.45) is 0 Å². The summed E-state index contributed by atoms with van der Waals surface area (Å²) in [7, 11) is -3.16. The highest BCUT2D eigenvalue weighted by molar-refractivity contribution is 7.88. The van der Waals surface area contributed by atoms with Crippen molar-refractivity contribution in [2.75, 3.05) is 32.4 Å². The molecule has 0 saturated carbocycles. The molecule has 21 heavy (non-hydrogen) atoms. The molecule has 1 amide bonds. The van der Waals surface area contributed by atoms with E-state index in [9.17, 15) is 13.2 Å². The van der Waals surface area contributed by atoms with Gasteiger partial charge in [-0.15, -0.1) is 0 Å². The number of nitrogens with one attached hydrogen (secondary N) is 1. The summed E-state index contributed by atoms with van der Waals surface area (Å²) < 4.78 is 25.1. The van der Waals surface area contributed by atoms with Crippen molar-refractivity contribution in [1.82, 2.24) is 14.5 Å². The molecule has 7 heteroatoms. The van der Waals surface area contributed by atoms with Gasteiger partial charge in [-0.05, 0) is 32.2 Å². The van der Waals surface area contributed by atoms with Crippen LogP contribution in [0, 0.1) is 0 Å². The number of carbonyl (C=O) groups is 1. The summed E-state index contributed by atoms with van der Waals surface area (Å²) in [5, 5.41) is 3.29. The number of sulfonamides is 1. The molecule has 1 atom stereocenters. The Morgan fingerprint density at radius 1 is 1.24 bits per heavy atom. The molecule has 0 spiro atoms. The van der Waals surface area contributed by atoms with Crippen LogP contribution in [0.25, 0.3) is 0 Å². The molecule has 122 valence electrons. The van der Waals surface area contributed by atoms with Crippen LogP contribution in [-0.4, -0.2) is 68.0 Å². The fourth-order valence-electron chi connectivity index (χ4n) is 3.42. The van der Waals surface area contributed by atoms with E-state index >= 15 is 0 Å². The maximum absolute atomic E-state index is 12.4. The van der Waals surface area contributed by atoms with Crippen LogP contribution in [0.4, 0.5) is 0 Å². The lowest BCUT2D eigenvalue weighted by atomic mass is 10.0. The topological polar surface area (TPSA) is 69.7 Å². The van der Waals surface area contributed by atoms with Crippen LogP contribution in [0.1, 0.15) is 39.0 Å². The van der Waals surface area contributed by atoms with E-state index in [0.29, 0.717) is 19.6 Å². The predicted octanol–water partition coefficient (Wildman–Crippen LogP) is 0.401. The summed E-state index contributed by atoms with van der Waals surface area (Å²) in [6.07, 6.45) is 5.91. The highest BCUT2D eigenvalue weighted by Gasteiger charge is 2.32. The molecular weight excluding hydrogens is 290 g/mol. The molecule has 0 radical (unpaired) electrons. The lowest BCUT2D eigenvalue weighted by molar-refractivity contribution is -0.135. The fraction of sp³-hybridized carbons (Fsp3) is 0.929. The number of rotatable bonds is 4. The Labute approximate surface area is 127 Å². The van der Waals surface area contributed by atoms with Gasteiger partial charge in [-0.25, -0.2) is 8.42 Å². The smallest absolute Gasteiger partial charge is 0.239 e. The van der Waals surface area contributed by atoms with E-state index < -0.39 is 10.0 Å². The molecule has 2 saturated heterocycles. The van der Waals surface area contributed by atoms with Crippen molar-refractivity contribution in [2.45, 2.75) is 51.1 Å². The van der Waals surface area contributed by atoms with Gasteiger partial charge < -0.3 is 10.2 Å². The molecule has 0 aliphatic carbocycles. The van der Waals surface area contributed by atoms with Gasteiger partial charge >= 0.3 is 0 Å². The third-order valence-corrected chi connectivity index (χ3v) is 5.94. The first kappa shape index (κ1) is 16.7. The van der Waals surface area contributed by atoms with Crippen molar-refractivity contribution >= 4 is 15.9 Å². The molecule has 2 aliphatic heterocycles. The number of carbonyl (C=O) groups excluding carboxylic acids is 1. The van der Waals surface area contributed by atoms with Crippen LogP contribution in [0.3, 0.4) is 0 Å². The van der Waals surface area contributed by atoms with Crippen molar-refractivity contribution in [3.63, 3.8) is 0 Å². The van der Waals surface area contributed by atoms with E-state index in [-0.39, 0.29) is 18.0 Å². The second-order valence-electron chi connectivity index (χ2n) is 6.03. The first-order chi connectivity index (χ1) is 9.93. The SMILES string of the molecule is CCN(C1CCN(C(=O)C2CCCCN2)CC1)S(C)(=O)=O. The van der Waals surface area contributed by atoms with Gasteiger partial charge in [0.15, 0.2) is 0 Å². The van der Waals surface area contributed by atoms with E-state index in [2.05, 4.69) is 5.32 Å². The largest absolute Gasteiger partial charge is 0.341 e. The second kappa shape index (κ2) is 7.07. The Balaban J connectivity index is 1.89. The molecule has 0 aromatic rings. The van der Waals surface area contributed by atoms with E-state index in [0.717, 1.165) is 38.6 Å². The van der Waals surface area contributed by atoms with Gasteiger partial charge in [0.2, 0.25) is 15.9 Å². The van der Waals surface area contributed by atoms with Gasteiger partial charge in [0.25, 0.3) is 0 Å². The van der Waals surface area contributed by atoms with E-state index in [1.807, 2.05) is 11.8 Å². The van der Waals surface area contributed by atoms with Gasteiger partial charge in [-0.2, -0.15) is 4.31 Å². The summed E-state index contributed by atoms with van der Waals surface area (Å²) in [5.41, 5.74) is 0. The maximum Gasteiger partial charge on any atom is 0.239 e. The van der Waals surface area contributed by atoms with Crippen LogP contribution in [0.15, 0.2) is 0 Å². The summed E-state index contributed by atoms with van der Waals surface area (Å²) >= 11 is 0. The standard InChI is InChI=1S/C14H27N3O3S/c1-3-17(21(2,19)20)12-7-10-16(11-8-12)14(18)13-6-4-5-9-15-13/h12-13,15H,3-11H2,1-2H3. The van der Waals surface area contributed by atoms with Crippen molar-refractivity contribution in [3.05, 3.63) is 0 Å². The normalized spacial score (nSPS) is 25.3. The van der Waals surface area contributed by atoms with Gasteiger partial charge in [0.1, 0.15) is 0 Å². The molecule has 0 bridgehead atoms. The number of hydrogen-bond acceptors (Lipinski definition) is 4. The Hall–Kier alpha value is -0.660. The Morgan fingerprint density at radius 2 is 1.90 bits per heavy atom. The Morgan fingerprint density at radius 3 is 2.38 bits per heavy atom. The van der Waals surface area contributed by atoms with Crippen molar-refractivity contribution in [1.29, 1.82) is 0 Å². The molecule has 2 heterocycles. The van der Waals surface area contributed by atoms with Gasteiger partial charge in [-0.1, -0.05) is 13.3 Å². The molecule has 1 unspecified atom stereocenters. The minimum absolute atomic E-state index is 0.0347. The molecule has 1 N–H and O–H groups in total. The van der Waals surface area contributed by atoms with E-state index in [1.165, 1.54) is 6.26 Å². The van der Waals surface area contributed by atoms with Crippen LogP contribution in [0.2, 0.25) is 0 Å². The molecule has 2 fully saturated rings. The highest BCUT2D eigenvalue weighted by Crippen LogP contribution is 2.20. The highest BCUT2D eigenvalue weighted by atomic mass is 32.2. The summed E-state index contributed by atoms with van der Waals surface area (Å²) in [4.78, 5) is 14.3. The quantitative estimate of drug-likeness (QED) is 0.815. The first-order valence-corrected chi connectivity index (χ1v) is 9.77. The average Bonchev–Trinajstić information content (AvgIpc) is 2.47. The van der Waals surface area contributed by atoms with Crippen LogP contribution in [-0.2, 0) is 14.8 Å². The number of nitrogens with zero attached hydrogens (tertiary/aromatic N) is 2. The van der Waals surface area contributed by atoms with Gasteiger partial charge in [0, 0.05) is 25.7 Å². The summed E-state index contributed by atoms with van der Waals surface area (Å²) in [5.74, 6) is 0.190. The Bertz CT molecular complexity index is 452. The van der Waals surface area contributed by atoms with Crippen LogP contribution >= 0.6 is 0 Å². The number of amides is 1. The van der Waals surface area contributed by atoms with Crippen LogP contribution in [0.5, 0.6) is 0 Å². The average molecular weight is 317 g/mol. The lowest BCUT2D eigenvalue weighted by Crippen LogP contribution is -2.53. The lowest BCUT2D eigenvalue weighted by Gasteiger charge is -2.38. The minimum atomic E-state index is -3.16. The second-order valence-corrected chi connectivity index (χ2v) is 7.96. The summed E-state index contributed by atoms with van der Waals surface area (Å²) in [6.45, 7) is 4.61. The number of hydrogen-bond donors (Lipinski definition) is 1. The number of likely N-dealkylation sites (tertiary alicyclic amines) is 1. The minimum Gasteiger partial charge on any atom is -0.341 e. The molecular formula is C14H27N3O3S. The molecule has 0 aromatic carbocycles. The molecule has 2 aliphatic rings. The zero-order valence-electron chi connectivity index (χ0n) is 13.0. The first-order valence-electron chi connectivity index (χ1n) is 7.92. The monoisotopic (exact) mass is 317 g/mol. The third kappa shape index (κ3) is 4.17. The van der Waals surface area contributed by atoms with Crippen LogP contribution < -0.4 is 5.32 Å². The molecule has 2 rings (SSSR count). The third-order valence-electron chi connectivity index (χ3n) is 4.53. The maximum atomic E-state index is 12.4. The van der Waals surface area contributed by atoms with Crippen molar-refractivity contribution < 1.29 is 13.2 Å². The van der Waals surface area contributed by atoms with Crippen molar-refractivity contribution in [3.8, 4) is 0 Å². The summed E-state index contributed by atoms with van der Waals surface area (Å²) in [6, 6.07) is 0.000788. The molecule has 0 aromatic heterocycles. The zero-order chi connectivity index (χ0) is 15.5. The fourth-order valence-corrected chi connectivity index (χ4v) is 4.64. The van der Waals surface area contributed by atoms with Gasteiger partial charge in [0.05, 0.1) is 12.3 Å². The van der Waals surface area contributed by atoms with E-state index in [4.69, 9.17) is 0 Å². The predicted molar refractivity (Wildman–Crippen MR) is 82.5 cm³/mol. The molecule has 6 nitrogen and oxygen atoms in total. The van der Waals surface area contributed by atoms with Gasteiger partial charge in [-0.3, -0.25) is 4.79 Å². The number of piperidine rings is 2. The zero-order valence-corrected chi connectivity index (χ0v) is 13.9.